The predicted molar refractivity (Wildman–Crippen MR) is 110 cm³/mol. The van der Waals surface area contributed by atoms with Gasteiger partial charge in [-0.3, -0.25) is 4.79 Å². The van der Waals surface area contributed by atoms with Gasteiger partial charge in [-0.2, -0.15) is 0 Å². The molecule has 0 aliphatic carbocycles. The van der Waals surface area contributed by atoms with E-state index >= 15 is 0 Å². The van der Waals surface area contributed by atoms with Crippen molar-refractivity contribution in [2.75, 3.05) is 19.0 Å². The van der Waals surface area contributed by atoms with Crippen LogP contribution in [0, 0.1) is 0 Å². The molecule has 3 rings (SSSR count). The number of ketones is 1. The predicted octanol–water partition coefficient (Wildman–Crippen LogP) is 5.18. The average Bonchev–Trinajstić information content (AvgIpc) is 2.53. The topological polar surface area (TPSA) is 20.3 Å². The van der Waals surface area contributed by atoms with E-state index in [0.29, 0.717) is 18.6 Å². The molecule has 1 heterocycles. The van der Waals surface area contributed by atoms with Gasteiger partial charge in [-0.05, 0) is 35.3 Å². The molecule has 2 aromatic rings. The molecule has 2 aromatic carbocycles. The first-order valence-corrected chi connectivity index (χ1v) is 10.0. The van der Waals surface area contributed by atoms with Crippen molar-refractivity contribution in [3.63, 3.8) is 0 Å². The van der Waals surface area contributed by atoms with Gasteiger partial charge in [0.15, 0.2) is 0 Å². The van der Waals surface area contributed by atoms with Gasteiger partial charge in [-0.1, -0.05) is 62.9 Å². The third-order valence-electron chi connectivity index (χ3n) is 4.77. The van der Waals surface area contributed by atoms with Crippen molar-refractivity contribution >= 4 is 24.7 Å². The van der Waals surface area contributed by atoms with Crippen LogP contribution in [-0.4, -0.2) is 25.0 Å². The highest BCUT2D eigenvalue weighted by Gasteiger charge is 2.40. The molecule has 1 saturated heterocycles. The van der Waals surface area contributed by atoms with Crippen molar-refractivity contribution in [2.45, 2.75) is 31.8 Å². The number of Topliss-reactive ketones (excluding diaryl/α,β-unsaturated/α-hetero) is 1. The Kier molecular flexibility index (Phi) is 4.84. The number of hydrogen-bond donors (Lipinski definition) is 0. The average molecular weight is 351 g/mol. The summed E-state index contributed by atoms with van der Waals surface area (Å²) in [5.41, 5.74) is 3.72. The van der Waals surface area contributed by atoms with Crippen LogP contribution in [0.1, 0.15) is 26.7 Å². The van der Waals surface area contributed by atoms with Crippen LogP contribution in [0.25, 0.3) is 11.1 Å². The second-order valence-electron chi connectivity index (χ2n) is 7.54. The number of benzene rings is 2. The molecule has 0 aromatic heterocycles. The fourth-order valence-electron chi connectivity index (χ4n) is 3.84. The lowest BCUT2D eigenvalue weighted by molar-refractivity contribution is -0.118. The second kappa shape index (κ2) is 6.77. The van der Waals surface area contributed by atoms with Gasteiger partial charge in [0.2, 0.25) is 0 Å². The highest BCUT2D eigenvalue weighted by Crippen LogP contribution is 2.61. The number of rotatable bonds is 3. The number of allylic oxidation sites excluding steroid dienone is 1. The molecule has 1 fully saturated rings. The molecule has 0 N–H and O–H groups in total. The van der Waals surface area contributed by atoms with Crippen LogP contribution < -0.4 is 10.2 Å². The van der Waals surface area contributed by atoms with Gasteiger partial charge in [0.1, 0.15) is 5.78 Å². The van der Waals surface area contributed by atoms with Crippen LogP contribution in [-0.2, 0) is 4.79 Å². The SMILES string of the molecule is C=C1CC(=O)CC(C)(C)P1c1ccccc1-c1ccccc1N(C)C. The van der Waals surface area contributed by atoms with E-state index in [2.05, 4.69) is 88.0 Å². The maximum atomic E-state index is 12.1. The highest BCUT2D eigenvalue weighted by molar-refractivity contribution is 7.71. The van der Waals surface area contributed by atoms with Crippen molar-refractivity contribution in [2.24, 2.45) is 0 Å². The Morgan fingerprint density at radius 1 is 1.00 bits per heavy atom. The molecule has 0 spiro atoms. The lowest BCUT2D eigenvalue weighted by Crippen LogP contribution is -2.32. The molecule has 3 heteroatoms. The Labute approximate surface area is 152 Å². The molecule has 130 valence electrons. The Balaban J connectivity index is 2.18. The second-order valence-corrected chi connectivity index (χ2v) is 10.5. The first kappa shape index (κ1) is 17.9. The molecular weight excluding hydrogens is 325 g/mol. The summed E-state index contributed by atoms with van der Waals surface area (Å²) in [6.07, 6.45) is 1.17. The van der Waals surface area contributed by atoms with Crippen LogP contribution in [0.3, 0.4) is 0 Å². The van der Waals surface area contributed by atoms with Crippen LogP contribution in [0.2, 0.25) is 0 Å². The maximum absolute atomic E-state index is 12.1. The largest absolute Gasteiger partial charge is 0.377 e. The number of carbonyl (C=O) groups excluding carboxylic acids is 1. The van der Waals surface area contributed by atoms with Crippen LogP contribution in [0.5, 0.6) is 0 Å². The fraction of sp³-hybridized carbons (Fsp3) is 0.318. The van der Waals surface area contributed by atoms with Crippen molar-refractivity contribution in [1.29, 1.82) is 0 Å². The molecule has 0 bridgehead atoms. The smallest absolute Gasteiger partial charge is 0.138 e. The number of anilines is 1. The lowest BCUT2D eigenvalue weighted by atomic mass is 10.0. The molecule has 0 radical (unpaired) electrons. The Morgan fingerprint density at radius 2 is 1.60 bits per heavy atom. The molecule has 0 saturated carbocycles. The summed E-state index contributed by atoms with van der Waals surface area (Å²) in [4.78, 5) is 14.3. The zero-order chi connectivity index (χ0) is 18.2. The van der Waals surface area contributed by atoms with E-state index in [1.54, 1.807) is 0 Å². The molecular formula is C22H26NOP. The summed E-state index contributed by atoms with van der Waals surface area (Å²) >= 11 is 0. The zero-order valence-corrected chi connectivity index (χ0v) is 16.4. The van der Waals surface area contributed by atoms with Crippen molar-refractivity contribution in [3.05, 3.63) is 60.4 Å². The fourth-order valence-corrected chi connectivity index (χ4v) is 7.03. The Hall–Kier alpha value is -1.92. The van der Waals surface area contributed by atoms with Gasteiger partial charge in [-0.25, -0.2) is 0 Å². The maximum Gasteiger partial charge on any atom is 0.138 e. The molecule has 0 amide bonds. The van der Waals surface area contributed by atoms with Crippen LogP contribution >= 0.6 is 7.92 Å². The molecule has 2 nitrogen and oxygen atoms in total. The number of carbonyl (C=O) groups is 1. The van der Waals surface area contributed by atoms with Gasteiger partial charge in [0.25, 0.3) is 0 Å². The molecule has 25 heavy (non-hydrogen) atoms. The van der Waals surface area contributed by atoms with Gasteiger partial charge < -0.3 is 4.90 Å². The number of para-hydroxylation sites is 1. The lowest BCUT2D eigenvalue weighted by Gasteiger charge is -2.41. The van der Waals surface area contributed by atoms with Crippen molar-refractivity contribution in [1.82, 2.24) is 0 Å². The zero-order valence-electron chi connectivity index (χ0n) is 15.5. The van der Waals surface area contributed by atoms with Crippen LogP contribution in [0.15, 0.2) is 60.4 Å². The van der Waals surface area contributed by atoms with E-state index in [1.165, 1.54) is 22.1 Å². The van der Waals surface area contributed by atoms with Crippen molar-refractivity contribution < 1.29 is 4.79 Å². The quantitative estimate of drug-likeness (QED) is 0.710. The third-order valence-corrected chi connectivity index (χ3v) is 7.80. The van der Waals surface area contributed by atoms with Crippen LogP contribution in [0.4, 0.5) is 5.69 Å². The minimum Gasteiger partial charge on any atom is -0.377 e. The first-order valence-electron chi connectivity index (χ1n) is 8.67. The molecule has 1 unspecified atom stereocenters. The molecule has 1 aliphatic rings. The Morgan fingerprint density at radius 3 is 2.24 bits per heavy atom. The van der Waals surface area contributed by atoms with Crippen molar-refractivity contribution in [3.8, 4) is 11.1 Å². The summed E-state index contributed by atoms with van der Waals surface area (Å²) in [5, 5.41) is 2.39. The molecule has 1 atom stereocenters. The Bertz CT molecular complexity index is 822. The van der Waals surface area contributed by atoms with Gasteiger partial charge in [-0.15, -0.1) is 0 Å². The monoisotopic (exact) mass is 351 g/mol. The van der Waals surface area contributed by atoms with E-state index in [9.17, 15) is 4.79 Å². The minimum absolute atomic E-state index is 0.0507. The first-order chi connectivity index (χ1) is 11.8. The number of hydrogen-bond acceptors (Lipinski definition) is 2. The van der Waals surface area contributed by atoms with E-state index in [-0.39, 0.29) is 5.16 Å². The standard InChI is InChI=1S/C22H26NOP/c1-16-14-17(24)15-22(2,3)25(16)21-13-9-7-11-19(21)18-10-6-8-12-20(18)23(4)5/h6-13H,1,14-15H2,2-5H3. The van der Waals surface area contributed by atoms with E-state index in [0.717, 1.165) is 5.31 Å². The summed E-state index contributed by atoms with van der Waals surface area (Å²) < 4.78 is 0. The van der Waals surface area contributed by atoms with Gasteiger partial charge in [0.05, 0.1) is 0 Å². The summed E-state index contributed by atoms with van der Waals surface area (Å²) in [6, 6.07) is 17.2. The summed E-state index contributed by atoms with van der Waals surface area (Å²) in [5.74, 6) is 0.319. The normalized spacial score (nSPS) is 19.8. The highest BCUT2D eigenvalue weighted by atomic mass is 31.1. The summed E-state index contributed by atoms with van der Waals surface area (Å²) in [7, 11) is 3.55. The van der Waals surface area contributed by atoms with Gasteiger partial charge >= 0.3 is 0 Å². The number of nitrogens with zero attached hydrogens (tertiary/aromatic N) is 1. The molecule has 1 aliphatic heterocycles. The van der Waals surface area contributed by atoms with Gasteiger partial charge in [0, 0.05) is 38.2 Å². The minimum atomic E-state index is -0.608. The van der Waals surface area contributed by atoms with E-state index in [1.807, 2.05) is 0 Å². The van der Waals surface area contributed by atoms with E-state index < -0.39 is 7.92 Å². The van der Waals surface area contributed by atoms with E-state index in [4.69, 9.17) is 0 Å². The third kappa shape index (κ3) is 3.41. The summed E-state index contributed by atoms with van der Waals surface area (Å²) in [6.45, 7) is 8.74.